The van der Waals surface area contributed by atoms with Gasteiger partial charge in [0.15, 0.2) is 0 Å². The number of carbonyl (C=O) groups is 1. The molecule has 0 spiro atoms. The van der Waals surface area contributed by atoms with Gasteiger partial charge in [-0.25, -0.2) is 0 Å². The predicted molar refractivity (Wildman–Crippen MR) is 70.7 cm³/mol. The van der Waals surface area contributed by atoms with Crippen LogP contribution in [0.2, 0.25) is 0 Å². The highest BCUT2D eigenvalue weighted by molar-refractivity contribution is 5.94. The lowest BCUT2D eigenvalue weighted by atomic mass is 9.98. The highest BCUT2D eigenvalue weighted by Crippen LogP contribution is 2.16. The van der Waals surface area contributed by atoms with Crippen molar-refractivity contribution in [3.63, 3.8) is 0 Å². The summed E-state index contributed by atoms with van der Waals surface area (Å²) in [6, 6.07) is 7.10. The predicted octanol–water partition coefficient (Wildman–Crippen LogP) is 1.60. The molecule has 18 heavy (non-hydrogen) atoms. The lowest BCUT2D eigenvalue weighted by Gasteiger charge is -2.35. The Bertz CT molecular complexity index is 416. The van der Waals surface area contributed by atoms with Crippen LogP contribution in [0.15, 0.2) is 24.3 Å². The second-order valence-electron chi connectivity index (χ2n) is 5.07. The molecule has 1 fully saturated rings. The minimum absolute atomic E-state index is 0.0586. The van der Waals surface area contributed by atoms with Gasteiger partial charge in [0, 0.05) is 24.2 Å². The average Bonchev–Trinajstić information content (AvgIpc) is 2.34. The summed E-state index contributed by atoms with van der Waals surface area (Å²) in [5.41, 5.74) is 0.597. The maximum absolute atomic E-state index is 12.0. The third-order valence-corrected chi connectivity index (χ3v) is 3.67. The van der Waals surface area contributed by atoms with Crippen molar-refractivity contribution in [3.8, 4) is 5.75 Å². The molecule has 1 aliphatic rings. The van der Waals surface area contributed by atoms with E-state index in [9.17, 15) is 9.90 Å². The highest BCUT2D eigenvalue weighted by Gasteiger charge is 2.24. The molecule has 98 valence electrons. The molecule has 1 aliphatic heterocycles. The number of benzene rings is 1. The van der Waals surface area contributed by atoms with Crippen LogP contribution in [0.5, 0.6) is 5.75 Å². The number of hydrogen-bond acceptors (Lipinski definition) is 3. The Labute approximate surface area is 108 Å². The molecule has 1 aromatic rings. The van der Waals surface area contributed by atoms with Crippen LogP contribution in [-0.2, 0) is 0 Å². The van der Waals surface area contributed by atoms with E-state index in [1.54, 1.807) is 12.1 Å². The lowest BCUT2D eigenvalue weighted by molar-refractivity contribution is 0.0896. The molecule has 1 heterocycles. The number of aromatic hydroxyl groups is 1. The number of nitrogens with zero attached hydrogens (tertiary/aromatic N) is 1. The smallest absolute Gasteiger partial charge is 0.251 e. The topological polar surface area (TPSA) is 52.6 Å². The fraction of sp³-hybridized carbons (Fsp3) is 0.500. The van der Waals surface area contributed by atoms with Crippen molar-refractivity contribution < 1.29 is 9.90 Å². The molecule has 2 rings (SSSR count). The summed E-state index contributed by atoms with van der Waals surface area (Å²) in [6.45, 7) is 3.20. The van der Waals surface area contributed by atoms with Gasteiger partial charge in [0.05, 0.1) is 0 Å². The standard InChI is InChI=1S/C14H20N2O2/c1-10-9-12(7-8-16(10)2)15-14(18)11-3-5-13(17)6-4-11/h3-6,10,12,17H,7-9H2,1-2H3,(H,15,18). The van der Waals surface area contributed by atoms with Crippen LogP contribution >= 0.6 is 0 Å². The highest BCUT2D eigenvalue weighted by atomic mass is 16.3. The van der Waals surface area contributed by atoms with Crippen LogP contribution < -0.4 is 5.32 Å². The van der Waals surface area contributed by atoms with E-state index in [4.69, 9.17) is 0 Å². The van der Waals surface area contributed by atoms with Crippen LogP contribution in [0.4, 0.5) is 0 Å². The van der Waals surface area contributed by atoms with Crippen molar-refractivity contribution in [1.29, 1.82) is 0 Å². The van der Waals surface area contributed by atoms with Crippen LogP contribution in [0.1, 0.15) is 30.1 Å². The van der Waals surface area contributed by atoms with Gasteiger partial charge in [0.2, 0.25) is 0 Å². The molecule has 2 unspecified atom stereocenters. The zero-order valence-electron chi connectivity index (χ0n) is 10.9. The van der Waals surface area contributed by atoms with Gasteiger partial charge in [0.25, 0.3) is 5.91 Å². The molecule has 2 atom stereocenters. The van der Waals surface area contributed by atoms with Crippen molar-refractivity contribution in [3.05, 3.63) is 29.8 Å². The van der Waals surface area contributed by atoms with Gasteiger partial charge in [-0.1, -0.05) is 0 Å². The molecule has 0 bridgehead atoms. The molecule has 0 aliphatic carbocycles. The monoisotopic (exact) mass is 248 g/mol. The summed E-state index contributed by atoms with van der Waals surface area (Å²) in [7, 11) is 2.11. The SMILES string of the molecule is CC1CC(NC(=O)c2ccc(O)cc2)CCN1C. The summed E-state index contributed by atoms with van der Waals surface area (Å²) in [4.78, 5) is 14.3. The Morgan fingerprint density at radius 2 is 2.06 bits per heavy atom. The van der Waals surface area contributed by atoms with E-state index >= 15 is 0 Å². The number of amides is 1. The van der Waals surface area contributed by atoms with Crippen molar-refractivity contribution in [1.82, 2.24) is 10.2 Å². The molecule has 0 radical (unpaired) electrons. The molecule has 4 nitrogen and oxygen atoms in total. The molecule has 0 saturated carbocycles. The molecule has 1 saturated heterocycles. The first-order valence-electron chi connectivity index (χ1n) is 6.36. The van der Waals surface area contributed by atoms with Gasteiger partial charge < -0.3 is 15.3 Å². The number of rotatable bonds is 2. The van der Waals surface area contributed by atoms with E-state index in [2.05, 4.69) is 24.2 Å². The Morgan fingerprint density at radius 3 is 2.67 bits per heavy atom. The molecule has 4 heteroatoms. The van der Waals surface area contributed by atoms with E-state index in [1.807, 2.05) is 0 Å². The summed E-state index contributed by atoms with van der Waals surface area (Å²) >= 11 is 0. The van der Waals surface area contributed by atoms with Crippen molar-refractivity contribution in [2.75, 3.05) is 13.6 Å². The fourth-order valence-electron chi connectivity index (χ4n) is 2.30. The second-order valence-corrected chi connectivity index (χ2v) is 5.07. The van der Waals surface area contributed by atoms with E-state index in [-0.39, 0.29) is 17.7 Å². The quantitative estimate of drug-likeness (QED) is 0.836. The van der Waals surface area contributed by atoms with Gasteiger partial charge >= 0.3 is 0 Å². The second kappa shape index (κ2) is 5.40. The number of phenols is 1. The van der Waals surface area contributed by atoms with E-state index < -0.39 is 0 Å². The van der Waals surface area contributed by atoms with Gasteiger partial charge in [-0.2, -0.15) is 0 Å². The van der Waals surface area contributed by atoms with Crippen LogP contribution in [-0.4, -0.2) is 41.6 Å². The third kappa shape index (κ3) is 3.01. The van der Waals surface area contributed by atoms with Gasteiger partial charge in [-0.3, -0.25) is 4.79 Å². The number of piperidine rings is 1. The van der Waals surface area contributed by atoms with E-state index in [1.165, 1.54) is 12.1 Å². The van der Waals surface area contributed by atoms with Crippen LogP contribution in [0.25, 0.3) is 0 Å². The minimum atomic E-state index is -0.0586. The minimum Gasteiger partial charge on any atom is -0.508 e. The summed E-state index contributed by atoms with van der Waals surface area (Å²) in [5, 5.41) is 12.2. The maximum Gasteiger partial charge on any atom is 0.251 e. The number of likely N-dealkylation sites (tertiary alicyclic amines) is 1. The van der Waals surface area contributed by atoms with Crippen molar-refractivity contribution in [2.45, 2.75) is 31.8 Å². The van der Waals surface area contributed by atoms with Gasteiger partial charge in [0.1, 0.15) is 5.75 Å². The Morgan fingerprint density at radius 1 is 1.39 bits per heavy atom. The Hall–Kier alpha value is -1.55. The van der Waals surface area contributed by atoms with Gasteiger partial charge in [-0.15, -0.1) is 0 Å². The first-order chi connectivity index (χ1) is 8.56. The molecule has 0 aromatic heterocycles. The van der Waals surface area contributed by atoms with Crippen molar-refractivity contribution >= 4 is 5.91 Å². The lowest BCUT2D eigenvalue weighted by Crippen LogP contribution is -2.47. The average molecular weight is 248 g/mol. The summed E-state index contributed by atoms with van der Waals surface area (Å²) < 4.78 is 0. The van der Waals surface area contributed by atoms with Crippen molar-refractivity contribution in [2.24, 2.45) is 0 Å². The number of carbonyl (C=O) groups excluding carboxylic acids is 1. The molecule has 2 N–H and O–H groups in total. The number of nitrogens with one attached hydrogen (secondary N) is 1. The normalized spacial score (nSPS) is 24.8. The largest absolute Gasteiger partial charge is 0.508 e. The first-order valence-corrected chi connectivity index (χ1v) is 6.36. The van der Waals surface area contributed by atoms with Crippen LogP contribution in [0.3, 0.4) is 0 Å². The van der Waals surface area contributed by atoms with Crippen LogP contribution in [0, 0.1) is 0 Å². The zero-order valence-corrected chi connectivity index (χ0v) is 10.9. The summed E-state index contributed by atoms with van der Waals surface area (Å²) in [5.74, 6) is 0.121. The Kier molecular flexibility index (Phi) is 3.87. The molecule has 1 aromatic carbocycles. The fourth-order valence-corrected chi connectivity index (χ4v) is 2.30. The molecular formula is C14H20N2O2. The number of phenolic OH excluding ortho intramolecular Hbond substituents is 1. The molecular weight excluding hydrogens is 228 g/mol. The maximum atomic E-state index is 12.0. The third-order valence-electron chi connectivity index (χ3n) is 3.67. The van der Waals surface area contributed by atoms with E-state index in [0.29, 0.717) is 11.6 Å². The Balaban J connectivity index is 1.93. The van der Waals surface area contributed by atoms with E-state index in [0.717, 1.165) is 19.4 Å². The molecule has 1 amide bonds. The zero-order chi connectivity index (χ0) is 13.1. The first kappa shape index (κ1) is 12.9. The number of hydrogen-bond donors (Lipinski definition) is 2. The summed E-state index contributed by atoms with van der Waals surface area (Å²) in [6.07, 6.45) is 1.98. The van der Waals surface area contributed by atoms with Gasteiger partial charge in [-0.05, 0) is 51.1 Å².